The Balaban J connectivity index is 2.79. The fraction of sp³-hybridized carbons (Fsp3) is 0.500. The Bertz CT molecular complexity index is 182. The van der Waals surface area contributed by atoms with E-state index < -0.39 is 5.50 Å². The standard InChI is InChI=1S/C4H8N4OS/c1-7-4(10)8(5)3(9)2-6-7/h2,4,10H,5H2,1H3. The van der Waals surface area contributed by atoms with Crippen LogP contribution >= 0.6 is 12.6 Å². The zero-order chi connectivity index (χ0) is 7.72. The van der Waals surface area contributed by atoms with Gasteiger partial charge in [-0.2, -0.15) is 5.10 Å². The Kier molecular flexibility index (Phi) is 1.82. The van der Waals surface area contributed by atoms with Crippen LogP contribution in [-0.2, 0) is 4.79 Å². The highest BCUT2D eigenvalue weighted by atomic mass is 32.1. The Morgan fingerprint density at radius 1 is 1.90 bits per heavy atom. The van der Waals surface area contributed by atoms with Gasteiger partial charge in [-0.05, 0) is 0 Å². The lowest BCUT2D eigenvalue weighted by Gasteiger charge is -2.31. The molecule has 0 radical (unpaired) electrons. The zero-order valence-corrected chi connectivity index (χ0v) is 6.32. The van der Waals surface area contributed by atoms with E-state index in [4.69, 9.17) is 5.84 Å². The van der Waals surface area contributed by atoms with Crippen molar-refractivity contribution in [3.63, 3.8) is 0 Å². The third-order valence-corrected chi connectivity index (χ3v) is 1.77. The summed E-state index contributed by atoms with van der Waals surface area (Å²) < 4.78 is 0. The Morgan fingerprint density at radius 3 is 3.00 bits per heavy atom. The second kappa shape index (κ2) is 2.47. The molecule has 56 valence electrons. The predicted octanol–water partition coefficient (Wildman–Crippen LogP) is -1.17. The quantitative estimate of drug-likeness (QED) is 0.267. The number of hydrazine groups is 1. The second-order valence-electron chi connectivity index (χ2n) is 1.91. The van der Waals surface area contributed by atoms with Gasteiger partial charge in [0.1, 0.15) is 6.21 Å². The lowest BCUT2D eigenvalue weighted by molar-refractivity contribution is -0.128. The van der Waals surface area contributed by atoms with Gasteiger partial charge in [-0.3, -0.25) is 9.80 Å². The van der Waals surface area contributed by atoms with Gasteiger partial charge in [-0.15, -0.1) is 12.6 Å². The number of amides is 1. The van der Waals surface area contributed by atoms with Crippen molar-refractivity contribution >= 4 is 24.8 Å². The van der Waals surface area contributed by atoms with Crippen LogP contribution in [-0.4, -0.2) is 34.7 Å². The van der Waals surface area contributed by atoms with E-state index in [0.29, 0.717) is 0 Å². The van der Waals surface area contributed by atoms with Gasteiger partial charge in [0.25, 0.3) is 5.91 Å². The number of nitrogens with zero attached hydrogens (tertiary/aromatic N) is 3. The molecule has 0 bridgehead atoms. The molecule has 1 amide bonds. The molecule has 0 aliphatic carbocycles. The lowest BCUT2D eigenvalue weighted by atomic mass is 10.6. The molecule has 1 atom stereocenters. The first-order valence-electron chi connectivity index (χ1n) is 2.65. The van der Waals surface area contributed by atoms with Crippen molar-refractivity contribution < 1.29 is 4.79 Å². The van der Waals surface area contributed by atoms with Crippen molar-refractivity contribution in [1.29, 1.82) is 0 Å². The number of hydrogen-bond donors (Lipinski definition) is 2. The topological polar surface area (TPSA) is 61.9 Å². The van der Waals surface area contributed by atoms with Crippen molar-refractivity contribution in [2.45, 2.75) is 5.50 Å². The summed E-state index contributed by atoms with van der Waals surface area (Å²) in [6, 6.07) is 0. The number of hydrazone groups is 1. The monoisotopic (exact) mass is 160 g/mol. The lowest BCUT2D eigenvalue weighted by Crippen LogP contribution is -2.52. The van der Waals surface area contributed by atoms with Crippen molar-refractivity contribution in [1.82, 2.24) is 10.0 Å². The molecule has 0 saturated heterocycles. The van der Waals surface area contributed by atoms with Gasteiger partial charge >= 0.3 is 0 Å². The Hall–Kier alpha value is -0.750. The molecule has 10 heavy (non-hydrogen) atoms. The number of nitrogens with two attached hydrogens (primary N) is 1. The molecule has 0 aromatic carbocycles. The minimum atomic E-state index is -0.461. The average Bonchev–Trinajstić information content (AvgIpc) is 1.93. The molecule has 1 heterocycles. The predicted molar refractivity (Wildman–Crippen MR) is 40.1 cm³/mol. The van der Waals surface area contributed by atoms with Gasteiger partial charge in [0.15, 0.2) is 5.50 Å². The third kappa shape index (κ3) is 1.07. The van der Waals surface area contributed by atoms with Gasteiger partial charge in [0.05, 0.1) is 0 Å². The Morgan fingerprint density at radius 2 is 2.50 bits per heavy atom. The first-order valence-corrected chi connectivity index (χ1v) is 3.17. The SMILES string of the molecule is CN1N=CC(=O)N(N)C1S. The summed E-state index contributed by atoms with van der Waals surface area (Å²) in [5.74, 6) is 4.95. The average molecular weight is 160 g/mol. The molecule has 2 N–H and O–H groups in total. The van der Waals surface area contributed by atoms with E-state index >= 15 is 0 Å². The van der Waals surface area contributed by atoms with E-state index in [1.165, 1.54) is 5.01 Å². The van der Waals surface area contributed by atoms with Gasteiger partial charge in [0, 0.05) is 7.05 Å². The maximum absolute atomic E-state index is 10.7. The summed E-state index contributed by atoms with van der Waals surface area (Å²) in [6.07, 6.45) is 1.15. The van der Waals surface area contributed by atoms with Crippen LogP contribution in [0.5, 0.6) is 0 Å². The van der Waals surface area contributed by atoms with Crippen LogP contribution in [0.3, 0.4) is 0 Å². The van der Waals surface area contributed by atoms with Crippen molar-refractivity contribution in [3.05, 3.63) is 0 Å². The third-order valence-electron chi connectivity index (χ3n) is 1.19. The van der Waals surface area contributed by atoms with Crippen LogP contribution in [0, 0.1) is 0 Å². The summed E-state index contributed by atoms with van der Waals surface area (Å²) in [5, 5.41) is 6.18. The van der Waals surface area contributed by atoms with E-state index in [1.54, 1.807) is 7.05 Å². The van der Waals surface area contributed by atoms with E-state index in [9.17, 15) is 4.79 Å². The molecular weight excluding hydrogens is 152 g/mol. The summed E-state index contributed by atoms with van der Waals surface area (Å²) in [4.78, 5) is 10.7. The molecule has 0 aromatic heterocycles. The van der Waals surface area contributed by atoms with Gasteiger partial charge in [0.2, 0.25) is 0 Å². The zero-order valence-electron chi connectivity index (χ0n) is 5.43. The summed E-state index contributed by atoms with van der Waals surface area (Å²) in [5.41, 5.74) is -0.461. The maximum atomic E-state index is 10.7. The first-order chi connectivity index (χ1) is 4.63. The maximum Gasteiger partial charge on any atom is 0.283 e. The summed E-state index contributed by atoms with van der Waals surface area (Å²) in [7, 11) is 1.68. The summed E-state index contributed by atoms with van der Waals surface area (Å²) >= 11 is 4.00. The van der Waals surface area contributed by atoms with Gasteiger partial charge in [-0.1, -0.05) is 0 Å². The molecule has 5 nitrogen and oxygen atoms in total. The van der Waals surface area contributed by atoms with Crippen molar-refractivity contribution in [2.24, 2.45) is 10.9 Å². The normalized spacial score (nSPS) is 25.9. The molecule has 1 unspecified atom stereocenters. The smallest absolute Gasteiger partial charge is 0.267 e. The minimum Gasteiger partial charge on any atom is -0.267 e. The molecule has 0 spiro atoms. The minimum absolute atomic E-state index is 0.335. The van der Waals surface area contributed by atoms with Crippen LogP contribution < -0.4 is 5.84 Å². The molecule has 1 aliphatic rings. The van der Waals surface area contributed by atoms with E-state index in [0.717, 1.165) is 11.2 Å². The van der Waals surface area contributed by atoms with Crippen molar-refractivity contribution in [2.75, 3.05) is 7.05 Å². The van der Waals surface area contributed by atoms with Crippen LogP contribution in [0.2, 0.25) is 0 Å². The van der Waals surface area contributed by atoms with Crippen LogP contribution in [0.15, 0.2) is 5.10 Å². The van der Waals surface area contributed by atoms with Crippen LogP contribution in [0.4, 0.5) is 0 Å². The molecule has 0 aromatic rings. The van der Waals surface area contributed by atoms with Gasteiger partial charge in [-0.25, -0.2) is 10.9 Å². The van der Waals surface area contributed by atoms with E-state index in [2.05, 4.69) is 17.7 Å². The molecule has 1 rings (SSSR count). The Labute approximate surface area is 63.8 Å². The largest absolute Gasteiger partial charge is 0.283 e. The molecule has 0 fully saturated rings. The number of hydrogen-bond acceptors (Lipinski definition) is 5. The molecule has 0 saturated carbocycles. The highest BCUT2D eigenvalue weighted by Gasteiger charge is 2.22. The highest BCUT2D eigenvalue weighted by molar-refractivity contribution is 7.80. The van der Waals surface area contributed by atoms with E-state index in [-0.39, 0.29) is 5.91 Å². The van der Waals surface area contributed by atoms with Crippen molar-refractivity contribution in [3.8, 4) is 0 Å². The molecule has 1 aliphatic heterocycles. The fourth-order valence-electron chi connectivity index (χ4n) is 0.561. The van der Waals surface area contributed by atoms with Crippen LogP contribution in [0.25, 0.3) is 0 Å². The summed E-state index contributed by atoms with van der Waals surface area (Å²) in [6.45, 7) is 0. The highest BCUT2D eigenvalue weighted by Crippen LogP contribution is 2.07. The first kappa shape index (κ1) is 7.36. The number of carbonyl (C=O) groups excluding carboxylic acids is 1. The number of rotatable bonds is 0. The van der Waals surface area contributed by atoms with Gasteiger partial charge < -0.3 is 0 Å². The second-order valence-corrected chi connectivity index (χ2v) is 2.37. The molecule has 6 heteroatoms. The number of thiol groups is 1. The van der Waals surface area contributed by atoms with E-state index in [1.807, 2.05) is 0 Å². The fourth-order valence-corrected chi connectivity index (χ4v) is 0.734. The van der Waals surface area contributed by atoms with Crippen LogP contribution in [0.1, 0.15) is 0 Å². The number of carbonyl (C=O) groups is 1. The molecular formula is C4H8N4OS.